The molecule has 0 aliphatic rings. The van der Waals surface area contributed by atoms with Crippen molar-refractivity contribution in [2.45, 2.75) is 51.9 Å². The summed E-state index contributed by atoms with van der Waals surface area (Å²) in [5.41, 5.74) is 4.28. The number of unbranched alkanes of at least 4 members (excludes halogenated alkanes) is 1. The van der Waals surface area contributed by atoms with Gasteiger partial charge >= 0.3 is 0 Å². The van der Waals surface area contributed by atoms with Crippen LogP contribution in [0, 0.1) is 20.8 Å². The van der Waals surface area contributed by atoms with Crippen LogP contribution in [0.15, 0.2) is 41.3 Å². The van der Waals surface area contributed by atoms with Crippen molar-refractivity contribution in [3.8, 4) is 0 Å². The molecule has 0 fully saturated rings. The summed E-state index contributed by atoms with van der Waals surface area (Å²) in [6, 6.07) is 11.4. The Morgan fingerprint density at radius 1 is 1.04 bits per heavy atom. The van der Waals surface area contributed by atoms with Crippen LogP contribution in [0.4, 0.5) is 5.69 Å². The van der Waals surface area contributed by atoms with E-state index in [1.165, 1.54) is 12.6 Å². The van der Waals surface area contributed by atoms with Crippen molar-refractivity contribution in [2.75, 3.05) is 18.9 Å². The van der Waals surface area contributed by atoms with Crippen LogP contribution >= 0.6 is 0 Å². The van der Waals surface area contributed by atoms with Gasteiger partial charge in [-0.25, -0.2) is 8.42 Å². The monoisotopic (exact) mass is 402 g/mol. The molecule has 1 N–H and O–H groups in total. The van der Waals surface area contributed by atoms with E-state index in [1.54, 1.807) is 13.8 Å². The minimum absolute atomic E-state index is 0.243. The number of nitrogens with zero attached hydrogens (tertiary/aromatic N) is 1. The first-order valence-corrected chi connectivity index (χ1v) is 11.0. The molecule has 1 amide bonds. The van der Waals surface area contributed by atoms with Gasteiger partial charge in [-0.05, 0) is 62.4 Å². The van der Waals surface area contributed by atoms with E-state index in [0.717, 1.165) is 29.1 Å². The van der Waals surface area contributed by atoms with Crippen LogP contribution < -0.4 is 5.32 Å². The molecule has 0 saturated carbocycles. The fourth-order valence-corrected chi connectivity index (χ4v) is 4.88. The lowest BCUT2D eigenvalue weighted by atomic mass is 10.1. The van der Waals surface area contributed by atoms with Gasteiger partial charge in [-0.15, -0.1) is 0 Å². The highest BCUT2D eigenvalue weighted by molar-refractivity contribution is 7.89. The van der Waals surface area contributed by atoms with Gasteiger partial charge in [0.2, 0.25) is 15.9 Å². The van der Waals surface area contributed by atoms with E-state index in [4.69, 9.17) is 0 Å². The number of amides is 1. The molecule has 0 bridgehead atoms. The van der Waals surface area contributed by atoms with E-state index >= 15 is 0 Å². The van der Waals surface area contributed by atoms with Gasteiger partial charge in [-0.2, -0.15) is 4.31 Å². The predicted octanol–water partition coefficient (Wildman–Crippen LogP) is 4.21. The Morgan fingerprint density at radius 3 is 2.14 bits per heavy atom. The summed E-state index contributed by atoms with van der Waals surface area (Å²) in [6.07, 6.45) is 3.28. The standard InChI is InChI=1S/C22H30N2O3S/c1-6-7-8-19-9-11-20(12-10-19)23-21(25)15-24(5)28(26,27)22-17(3)13-16(2)14-18(22)4/h9-14H,6-8,15H2,1-5H3,(H,23,25). The molecular weight excluding hydrogens is 372 g/mol. The molecule has 152 valence electrons. The lowest BCUT2D eigenvalue weighted by Crippen LogP contribution is -2.35. The second-order valence-electron chi connectivity index (χ2n) is 7.34. The molecule has 28 heavy (non-hydrogen) atoms. The maximum atomic E-state index is 13.0. The first kappa shape index (κ1) is 22.1. The Kier molecular flexibility index (Phi) is 7.38. The average molecular weight is 403 g/mol. The van der Waals surface area contributed by atoms with Gasteiger partial charge in [0.25, 0.3) is 0 Å². The molecule has 0 aliphatic heterocycles. The molecule has 0 spiro atoms. The van der Waals surface area contributed by atoms with Crippen LogP contribution in [0.3, 0.4) is 0 Å². The summed E-state index contributed by atoms with van der Waals surface area (Å²) < 4.78 is 27.0. The summed E-state index contributed by atoms with van der Waals surface area (Å²) in [5.74, 6) is -0.366. The minimum atomic E-state index is -3.75. The highest BCUT2D eigenvalue weighted by Crippen LogP contribution is 2.24. The number of nitrogens with one attached hydrogen (secondary N) is 1. The van der Waals surface area contributed by atoms with Crippen LogP contribution in [0.2, 0.25) is 0 Å². The van der Waals surface area contributed by atoms with Crippen molar-refractivity contribution in [2.24, 2.45) is 0 Å². The van der Waals surface area contributed by atoms with Crippen LogP contribution in [0.25, 0.3) is 0 Å². The zero-order valence-electron chi connectivity index (χ0n) is 17.4. The molecule has 2 aromatic rings. The van der Waals surface area contributed by atoms with E-state index in [9.17, 15) is 13.2 Å². The zero-order valence-corrected chi connectivity index (χ0v) is 18.2. The Hall–Kier alpha value is -2.18. The number of aryl methyl sites for hydroxylation is 4. The van der Waals surface area contributed by atoms with Crippen LogP contribution in [0.1, 0.15) is 42.0 Å². The molecule has 5 nitrogen and oxygen atoms in total. The summed E-state index contributed by atoms with van der Waals surface area (Å²) in [6.45, 7) is 7.40. The van der Waals surface area contributed by atoms with E-state index in [1.807, 2.05) is 43.3 Å². The molecular formula is C22H30N2O3S. The number of carbonyl (C=O) groups is 1. The number of carbonyl (C=O) groups excluding carboxylic acids is 1. The van der Waals surface area contributed by atoms with Crippen molar-refractivity contribution in [3.63, 3.8) is 0 Å². The second-order valence-corrected chi connectivity index (χ2v) is 9.32. The number of sulfonamides is 1. The maximum Gasteiger partial charge on any atom is 0.243 e. The summed E-state index contributed by atoms with van der Waals surface area (Å²) in [4.78, 5) is 12.6. The first-order chi connectivity index (χ1) is 13.1. The maximum absolute atomic E-state index is 13.0. The molecule has 6 heteroatoms. The quantitative estimate of drug-likeness (QED) is 0.719. The third-order valence-corrected chi connectivity index (χ3v) is 6.81. The van der Waals surface area contributed by atoms with Crippen LogP contribution in [-0.2, 0) is 21.2 Å². The predicted molar refractivity (Wildman–Crippen MR) is 114 cm³/mol. The molecule has 2 rings (SSSR count). The van der Waals surface area contributed by atoms with Gasteiger partial charge in [0, 0.05) is 12.7 Å². The average Bonchev–Trinajstić information content (AvgIpc) is 2.59. The lowest BCUT2D eigenvalue weighted by molar-refractivity contribution is -0.116. The summed E-state index contributed by atoms with van der Waals surface area (Å²) in [5, 5.41) is 2.77. The summed E-state index contributed by atoms with van der Waals surface area (Å²) in [7, 11) is -2.32. The van der Waals surface area contributed by atoms with Crippen LogP contribution in [-0.4, -0.2) is 32.2 Å². The fourth-order valence-electron chi connectivity index (χ4n) is 3.35. The SMILES string of the molecule is CCCCc1ccc(NC(=O)CN(C)S(=O)(=O)c2c(C)cc(C)cc2C)cc1. The highest BCUT2D eigenvalue weighted by atomic mass is 32.2. The van der Waals surface area contributed by atoms with Gasteiger partial charge in [0.1, 0.15) is 0 Å². The van der Waals surface area contributed by atoms with Crippen molar-refractivity contribution >= 4 is 21.6 Å². The normalized spacial score (nSPS) is 11.6. The number of rotatable bonds is 8. The smallest absolute Gasteiger partial charge is 0.243 e. The Bertz CT molecular complexity index is 912. The van der Waals surface area contributed by atoms with Gasteiger partial charge in [-0.1, -0.05) is 43.2 Å². The summed E-state index contributed by atoms with van der Waals surface area (Å²) >= 11 is 0. The van der Waals surface area contributed by atoms with Gasteiger partial charge in [-0.3, -0.25) is 4.79 Å². The van der Waals surface area contributed by atoms with Gasteiger partial charge in [0.05, 0.1) is 11.4 Å². The molecule has 0 aromatic heterocycles. The number of anilines is 1. The number of benzene rings is 2. The van der Waals surface area contributed by atoms with E-state index in [0.29, 0.717) is 16.8 Å². The molecule has 0 radical (unpaired) electrons. The van der Waals surface area contributed by atoms with Gasteiger partial charge in [0.15, 0.2) is 0 Å². The van der Waals surface area contributed by atoms with E-state index in [2.05, 4.69) is 12.2 Å². The zero-order chi connectivity index (χ0) is 20.9. The fraction of sp³-hybridized carbons (Fsp3) is 0.409. The molecule has 0 heterocycles. The van der Waals surface area contributed by atoms with E-state index in [-0.39, 0.29) is 17.3 Å². The lowest BCUT2D eigenvalue weighted by Gasteiger charge is -2.20. The van der Waals surface area contributed by atoms with Crippen molar-refractivity contribution < 1.29 is 13.2 Å². The number of likely N-dealkylation sites (N-methyl/N-ethyl adjacent to an activating group) is 1. The third kappa shape index (κ3) is 5.42. The van der Waals surface area contributed by atoms with Crippen molar-refractivity contribution in [3.05, 3.63) is 58.7 Å². The number of hydrogen-bond acceptors (Lipinski definition) is 3. The van der Waals surface area contributed by atoms with E-state index < -0.39 is 10.0 Å². The third-order valence-electron chi connectivity index (χ3n) is 4.70. The molecule has 0 aliphatic carbocycles. The first-order valence-electron chi connectivity index (χ1n) is 9.58. The van der Waals surface area contributed by atoms with Gasteiger partial charge < -0.3 is 5.32 Å². The molecule has 0 saturated heterocycles. The van der Waals surface area contributed by atoms with Crippen molar-refractivity contribution in [1.29, 1.82) is 0 Å². The highest BCUT2D eigenvalue weighted by Gasteiger charge is 2.26. The largest absolute Gasteiger partial charge is 0.325 e. The minimum Gasteiger partial charge on any atom is -0.325 e. The number of hydrogen-bond donors (Lipinski definition) is 1. The Balaban J connectivity index is 2.07. The Labute approximate surface area is 168 Å². The second kappa shape index (κ2) is 9.34. The molecule has 0 atom stereocenters. The Morgan fingerprint density at radius 2 is 1.61 bits per heavy atom. The molecule has 2 aromatic carbocycles. The van der Waals surface area contributed by atoms with Crippen LogP contribution in [0.5, 0.6) is 0 Å². The van der Waals surface area contributed by atoms with Crippen molar-refractivity contribution in [1.82, 2.24) is 4.31 Å². The topological polar surface area (TPSA) is 66.5 Å². The molecule has 0 unspecified atom stereocenters.